The van der Waals surface area contributed by atoms with Crippen molar-refractivity contribution in [2.75, 3.05) is 7.11 Å². The van der Waals surface area contributed by atoms with Crippen LogP contribution in [-0.4, -0.2) is 45.1 Å². The quantitative estimate of drug-likeness (QED) is 0.247. The third kappa shape index (κ3) is 4.72. The molecule has 0 saturated heterocycles. The van der Waals surface area contributed by atoms with E-state index in [1.807, 2.05) is 0 Å². The Morgan fingerprint density at radius 3 is 2.58 bits per heavy atom. The van der Waals surface area contributed by atoms with Gasteiger partial charge in [-0.05, 0) is 48.7 Å². The third-order valence-electron chi connectivity index (χ3n) is 6.26. The number of esters is 1. The van der Waals surface area contributed by atoms with Gasteiger partial charge in [0.25, 0.3) is 5.91 Å². The Balaban J connectivity index is 1.76. The van der Waals surface area contributed by atoms with Gasteiger partial charge in [0, 0.05) is 27.1 Å². The Hall–Kier alpha value is -4.52. The highest BCUT2D eigenvalue weighted by molar-refractivity contribution is 6.36. The number of benzene rings is 2. The molecule has 1 unspecified atom stereocenters. The van der Waals surface area contributed by atoms with Gasteiger partial charge in [0.2, 0.25) is 5.89 Å². The maximum Gasteiger partial charge on any atom is 0.434 e. The van der Waals surface area contributed by atoms with Gasteiger partial charge in [0.1, 0.15) is 11.5 Å². The third-order valence-corrected chi connectivity index (χ3v) is 6.57. The number of H-pyrrole nitrogens is 1. The van der Waals surface area contributed by atoms with Crippen molar-refractivity contribution in [2.45, 2.75) is 19.5 Å². The Bertz CT molecular complexity index is 1820. The van der Waals surface area contributed by atoms with E-state index in [1.165, 1.54) is 43.3 Å². The van der Waals surface area contributed by atoms with Gasteiger partial charge in [-0.25, -0.2) is 19.1 Å². The molecular weight excluding hydrogens is 560 g/mol. The van der Waals surface area contributed by atoms with E-state index < -0.39 is 58.1 Å². The molecule has 0 aliphatic heterocycles. The number of rotatable bonds is 4. The van der Waals surface area contributed by atoms with Gasteiger partial charge in [-0.15, -0.1) is 5.10 Å². The summed E-state index contributed by atoms with van der Waals surface area (Å²) in [5, 5.41) is 9.78. The minimum atomic E-state index is -4.86. The molecule has 2 aromatic carbocycles. The number of ether oxygens (including phenoxy) is 1. The predicted molar refractivity (Wildman–Crippen MR) is 134 cm³/mol. The van der Waals surface area contributed by atoms with Gasteiger partial charge < -0.3 is 9.15 Å². The van der Waals surface area contributed by atoms with E-state index >= 15 is 4.39 Å². The SMILES string of the molecule is COC(=O)c1ccc(-c2nn(C(=O)C3=C(C(F)(F)F)CC(C)C=C3Cl)c3cc(-c4n[nH]c(=O)o4)ccc23)c(F)c1. The number of nitrogens with zero attached hydrogens (tertiary/aromatic N) is 3. The van der Waals surface area contributed by atoms with E-state index in [-0.39, 0.29) is 39.2 Å². The Morgan fingerprint density at radius 1 is 1.20 bits per heavy atom. The van der Waals surface area contributed by atoms with Crippen molar-refractivity contribution in [2.24, 2.45) is 5.92 Å². The second-order valence-corrected chi connectivity index (χ2v) is 9.36. The number of aromatic amines is 1. The molecule has 1 aliphatic carbocycles. The Kier molecular flexibility index (Phi) is 6.70. The fraction of sp³-hybridized carbons (Fsp3) is 0.192. The van der Waals surface area contributed by atoms with Crippen LogP contribution < -0.4 is 5.76 Å². The summed E-state index contributed by atoms with van der Waals surface area (Å²) in [7, 11) is 1.13. The molecule has 4 aromatic rings. The number of alkyl halides is 3. The molecule has 1 aliphatic rings. The fourth-order valence-corrected chi connectivity index (χ4v) is 4.87. The number of carbonyl (C=O) groups excluding carboxylic acids is 2. The van der Waals surface area contributed by atoms with E-state index in [0.717, 1.165) is 13.2 Å². The van der Waals surface area contributed by atoms with Gasteiger partial charge >= 0.3 is 17.9 Å². The second-order valence-electron chi connectivity index (χ2n) is 8.95. The Morgan fingerprint density at radius 2 is 1.95 bits per heavy atom. The lowest BCUT2D eigenvalue weighted by molar-refractivity contribution is -0.0956. The molecule has 0 fully saturated rings. The number of fused-ring (bicyclic) bond motifs is 1. The first-order valence-electron chi connectivity index (χ1n) is 11.6. The first kappa shape index (κ1) is 27.1. The zero-order valence-corrected chi connectivity index (χ0v) is 21.4. The minimum absolute atomic E-state index is 0.0447. The average molecular weight is 577 g/mol. The number of nitrogens with one attached hydrogen (secondary N) is 1. The van der Waals surface area contributed by atoms with E-state index in [2.05, 4.69) is 20.0 Å². The van der Waals surface area contributed by atoms with Crippen LogP contribution in [0.3, 0.4) is 0 Å². The van der Waals surface area contributed by atoms with Crippen LogP contribution in [0.5, 0.6) is 0 Å². The summed E-state index contributed by atoms with van der Waals surface area (Å²) in [5.74, 6) is -4.50. The van der Waals surface area contributed by atoms with Crippen LogP contribution >= 0.6 is 11.6 Å². The van der Waals surface area contributed by atoms with Crippen molar-refractivity contribution in [3.63, 3.8) is 0 Å². The van der Waals surface area contributed by atoms with Crippen LogP contribution in [-0.2, 0) is 4.74 Å². The van der Waals surface area contributed by atoms with E-state index in [0.29, 0.717) is 4.68 Å². The van der Waals surface area contributed by atoms with Crippen molar-refractivity contribution < 1.29 is 36.3 Å². The summed E-state index contributed by atoms with van der Waals surface area (Å²) in [5.41, 5.74) is -2.12. The molecule has 40 heavy (non-hydrogen) atoms. The fourth-order valence-electron chi connectivity index (χ4n) is 4.46. The number of aromatic nitrogens is 4. The average Bonchev–Trinajstić information content (AvgIpc) is 3.50. The van der Waals surface area contributed by atoms with Crippen LogP contribution in [0.15, 0.2) is 67.9 Å². The number of carbonyl (C=O) groups is 2. The van der Waals surface area contributed by atoms with Crippen molar-refractivity contribution in [1.82, 2.24) is 20.0 Å². The van der Waals surface area contributed by atoms with Crippen LogP contribution in [0, 0.1) is 11.7 Å². The molecule has 0 amide bonds. The summed E-state index contributed by atoms with van der Waals surface area (Å²) in [6.45, 7) is 1.53. The minimum Gasteiger partial charge on any atom is -0.465 e. The van der Waals surface area contributed by atoms with Crippen LogP contribution in [0.4, 0.5) is 17.6 Å². The molecule has 0 bridgehead atoms. The molecule has 1 atom stereocenters. The largest absolute Gasteiger partial charge is 0.465 e. The van der Waals surface area contributed by atoms with Crippen molar-refractivity contribution in [1.29, 1.82) is 0 Å². The molecule has 0 saturated carbocycles. The first-order valence-corrected chi connectivity index (χ1v) is 12.0. The highest BCUT2D eigenvalue weighted by atomic mass is 35.5. The molecule has 0 radical (unpaired) electrons. The maximum absolute atomic E-state index is 15.2. The maximum atomic E-state index is 15.2. The smallest absolute Gasteiger partial charge is 0.434 e. The molecule has 2 aromatic heterocycles. The van der Waals surface area contributed by atoms with Crippen molar-refractivity contribution >= 4 is 34.4 Å². The van der Waals surface area contributed by atoms with Gasteiger partial charge in [-0.1, -0.05) is 24.6 Å². The van der Waals surface area contributed by atoms with Crippen LogP contribution in [0.25, 0.3) is 33.6 Å². The monoisotopic (exact) mass is 576 g/mol. The molecule has 1 N–H and O–H groups in total. The normalized spacial score (nSPS) is 15.9. The molecule has 2 heterocycles. The van der Waals surface area contributed by atoms with Crippen LogP contribution in [0.1, 0.15) is 28.5 Å². The molecule has 5 rings (SSSR count). The van der Waals surface area contributed by atoms with Gasteiger partial charge in [0.15, 0.2) is 0 Å². The summed E-state index contributed by atoms with van der Waals surface area (Å²) >= 11 is 6.19. The van der Waals surface area contributed by atoms with Crippen LogP contribution in [0.2, 0.25) is 0 Å². The highest BCUT2D eigenvalue weighted by Gasteiger charge is 2.42. The topological polar surface area (TPSA) is 120 Å². The Labute approximate surface area is 226 Å². The second kappa shape index (κ2) is 9.90. The van der Waals surface area contributed by atoms with E-state index in [4.69, 9.17) is 16.0 Å². The number of allylic oxidation sites excluding steroid dienone is 4. The van der Waals surface area contributed by atoms with Crippen molar-refractivity contribution in [3.05, 3.63) is 80.6 Å². The lowest BCUT2D eigenvalue weighted by Crippen LogP contribution is -2.26. The molecule has 0 spiro atoms. The lowest BCUT2D eigenvalue weighted by Gasteiger charge is -2.23. The van der Waals surface area contributed by atoms with E-state index in [1.54, 1.807) is 0 Å². The zero-order chi connectivity index (χ0) is 28.9. The highest BCUT2D eigenvalue weighted by Crippen LogP contribution is 2.42. The molecule has 9 nitrogen and oxygen atoms in total. The lowest BCUT2D eigenvalue weighted by atomic mass is 9.89. The van der Waals surface area contributed by atoms with Gasteiger partial charge in [-0.3, -0.25) is 4.79 Å². The summed E-state index contributed by atoms with van der Waals surface area (Å²) in [6.07, 6.45) is -4.01. The first-order chi connectivity index (χ1) is 18.9. The standard InChI is InChI=1S/C26H17ClF4N4O5/c1-11-7-16(26(29,30)31)20(17(27)8-11)23(36)35-19-10-12(22-32-33-25(38)40-22)3-6-15(19)21(34-35)14-5-4-13(9-18(14)28)24(37)39-2/h3-6,8-11H,7H2,1-2H3,(H,33,38). The molecule has 14 heteroatoms. The molecular formula is C26H17ClF4N4O5. The molecule has 206 valence electrons. The number of hydrogen-bond donors (Lipinski definition) is 1. The summed E-state index contributed by atoms with van der Waals surface area (Å²) in [4.78, 5) is 37.0. The van der Waals surface area contributed by atoms with Gasteiger partial charge in [-0.2, -0.15) is 23.0 Å². The number of methoxy groups -OCH3 is 1. The van der Waals surface area contributed by atoms with Crippen molar-refractivity contribution in [3.8, 4) is 22.7 Å². The predicted octanol–water partition coefficient (Wildman–Crippen LogP) is 5.63. The number of hydrogen-bond acceptors (Lipinski definition) is 7. The zero-order valence-electron chi connectivity index (χ0n) is 20.6. The van der Waals surface area contributed by atoms with Gasteiger partial charge in [0.05, 0.1) is 23.8 Å². The van der Waals surface area contributed by atoms with E-state index in [9.17, 15) is 27.6 Å². The summed E-state index contributed by atoms with van der Waals surface area (Å²) in [6, 6.07) is 7.58. The summed E-state index contributed by atoms with van der Waals surface area (Å²) < 4.78 is 67.4. The number of halogens is 5.